The smallest absolute Gasteiger partial charge is 0.184 e. The van der Waals surface area contributed by atoms with Gasteiger partial charge in [0, 0.05) is 29.3 Å². The van der Waals surface area contributed by atoms with E-state index in [1.54, 1.807) is 0 Å². The number of nitrogens with zero attached hydrogens (tertiary/aromatic N) is 9. The first kappa shape index (κ1) is 31.1. The van der Waals surface area contributed by atoms with Gasteiger partial charge in [-0.2, -0.15) is 28.8 Å². The van der Waals surface area contributed by atoms with Crippen molar-refractivity contribution in [2.24, 2.45) is 5.92 Å². The SMILES string of the molecule is CC.CCCCC(CC)Cc1cc2n(n1)c1cc(-c3nc(-c4ccccc4)nc(-c4ccccc4)n3)nn1c1cc(C(C)C)nn21. The minimum atomic E-state index is 0.270. The van der Waals surface area contributed by atoms with Gasteiger partial charge in [0.25, 0.3) is 0 Å². The summed E-state index contributed by atoms with van der Waals surface area (Å²) in [6.07, 6.45) is 5.75. The number of hydrogen-bond acceptors (Lipinski definition) is 6. The van der Waals surface area contributed by atoms with Crippen molar-refractivity contribution >= 4 is 16.9 Å². The molecule has 0 aliphatic heterocycles. The van der Waals surface area contributed by atoms with E-state index in [2.05, 4.69) is 39.8 Å². The van der Waals surface area contributed by atoms with Gasteiger partial charge in [0.05, 0.1) is 11.4 Å². The number of aromatic nitrogens is 9. The Morgan fingerprint density at radius 2 is 1.17 bits per heavy atom. The van der Waals surface area contributed by atoms with E-state index in [9.17, 15) is 0 Å². The quantitative estimate of drug-likeness (QED) is 0.153. The van der Waals surface area contributed by atoms with Crippen LogP contribution in [-0.2, 0) is 6.42 Å². The Morgan fingerprint density at radius 3 is 1.76 bits per heavy atom. The third-order valence-corrected chi connectivity index (χ3v) is 8.35. The molecule has 0 aliphatic rings. The zero-order valence-corrected chi connectivity index (χ0v) is 27.7. The third kappa shape index (κ3) is 6.01. The van der Waals surface area contributed by atoms with Crippen LogP contribution in [0.4, 0.5) is 0 Å². The Labute approximate surface area is 270 Å². The first-order valence-corrected chi connectivity index (χ1v) is 16.7. The highest BCUT2D eigenvalue weighted by atomic mass is 15.4. The fraction of sp³-hybridized carbons (Fsp3) is 0.351. The van der Waals surface area contributed by atoms with Crippen LogP contribution < -0.4 is 0 Å². The molecule has 1 unspecified atom stereocenters. The molecule has 0 saturated heterocycles. The minimum Gasteiger partial charge on any atom is -0.208 e. The van der Waals surface area contributed by atoms with E-state index < -0.39 is 0 Å². The van der Waals surface area contributed by atoms with Crippen molar-refractivity contribution in [1.29, 1.82) is 0 Å². The number of fused-ring (bicyclic) bond motifs is 6. The zero-order valence-electron chi connectivity index (χ0n) is 27.7. The van der Waals surface area contributed by atoms with Crippen LogP contribution in [0.15, 0.2) is 78.9 Å². The largest absolute Gasteiger partial charge is 0.208 e. The summed E-state index contributed by atoms with van der Waals surface area (Å²) in [5.74, 6) is 2.59. The molecule has 0 spiro atoms. The Kier molecular flexibility index (Phi) is 9.19. The second kappa shape index (κ2) is 13.6. The molecule has 1 atom stereocenters. The molecule has 0 N–H and O–H groups in total. The van der Waals surface area contributed by atoms with Crippen molar-refractivity contribution in [3.8, 4) is 34.3 Å². The maximum atomic E-state index is 5.12. The molecular weight excluding hydrogens is 570 g/mol. The predicted molar refractivity (Wildman–Crippen MR) is 185 cm³/mol. The lowest BCUT2D eigenvalue weighted by Gasteiger charge is -2.11. The molecule has 0 fully saturated rings. The second-order valence-electron chi connectivity index (χ2n) is 11.9. The van der Waals surface area contributed by atoms with Crippen molar-refractivity contribution in [1.82, 2.24) is 43.8 Å². The number of hydrogen-bond donors (Lipinski definition) is 0. The monoisotopic (exact) mass is 613 g/mol. The number of rotatable bonds is 10. The maximum absolute atomic E-state index is 5.12. The lowest BCUT2D eigenvalue weighted by atomic mass is 9.94. The summed E-state index contributed by atoms with van der Waals surface area (Å²) in [5.41, 5.74) is 7.22. The van der Waals surface area contributed by atoms with Gasteiger partial charge in [0.1, 0.15) is 5.69 Å². The molecule has 7 rings (SSSR count). The highest BCUT2D eigenvalue weighted by molar-refractivity contribution is 5.69. The van der Waals surface area contributed by atoms with Crippen molar-refractivity contribution in [3.05, 3.63) is 90.3 Å². The first-order chi connectivity index (χ1) is 22.5. The van der Waals surface area contributed by atoms with E-state index in [1.165, 1.54) is 19.3 Å². The summed E-state index contributed by atoms with van der Waals surface area (Å²) in [7, 11) is 0. The van der Waals surface area contributed by atoms with E-state index >= 15 is 0 Å². The van der Waals surface area contributed by atoms with Crippen molar-refractivity contribution < 1.29 is 0 Å². The fourth-order valence-electron chi connectivity index (χ4n) is 5.79. The maximum Gasteiger partial charge on any atom is 0.184 e. The number of benzene rings is 2. The molecule has 2 aromatic carbocycles. The molecule has 0 radical (unpaired) electrons. The van der Waals surface area contributed by atoms with Gasteiger partial charge >= 0.3 is 0 Å². The van der Waals surface area contributed by atoms with Gasteiger partial charge in [-0.05, 0) is 18.3 Å². The summed E-state index contributed by atoms with van der Waals surface area (Å²) >= 11 is 0. The zero-order chi connectivity index (χ0) is 32.2. The van der Waals surface area contributed by atoms with Crippen LogP contribution in [0.3, 0.4) is 0 Å². The summed E-state index contributed by atoms with van der Waals surface area (Å²) in [5, 5.41) is 15.2. The Morgan fingerprint density at radius 1 is 0.630 bits per heavy atom. The standard InChI is InChI=1S/C35H37N9.C2H6/c1-5-7-14-24(6-2)19-27-20-30-42(39-27)32-22-29(41-44(32)31-21-28(23(3)4)40-43(30)31)35-37-33(25-15-10-8-11-16-25)36-34(38-35)26-17-12-9-13-18-26;1-2/h8-13,15-18,20-24H,5-7,14,19H2,1-4H3;1-2H3. The third-order valence-electron chi connectivity index (χ3n) is 8.35. The van der Waals surface area contributed by atoms with Crippen LogP contribution in [0.25, 0.3) is 51.2 Å². The molecule has 7 aromatic rings. The summed E-state index contributed by atoms with van der Waals surface area (Å²) in [6.45, 7) is 12.9. The summed E-state index contributed by atoms with van der Waals surface area (Å²) < 4.78 is 5.86. The van der Waals surface area contributed by atoms with Crippen LogP contribution in [0.1, 0.15) is 84.5 Å². The Bertz CT molecular complexity index is 2000. The predicted octanol–water partition coefficient (Wildman–Crippen LogP) is 8.72. The second-order valence-corrected chi connectivity index (χ2v) is 11.9. The van der Waals surface area contributed by atoms with Crippen LogP contribution in [-0.4, -0.2) is 43.8 Å². The first-order valence-electron chi connectivity index (χ1n) is 16.7. The molecule has 5 aromatic heterocycles. The fourth-order valence-corrected chi connectivity index (χ4v) is 5.79. The van der Waals surface area contributed by atoms with Crippen molar-refractivity contribution in [3.63, 3.8) is 0 Å². The molecule has 0 saturated carbocycles. The van der Waals surface area contributed by atoms with E-state index in [1.807, 2.05) is 94.1 Å². The van der Waals surface area contributed by atoms with Crippen LogP contribution in [0.5, 0.6) is 0 Å². The van der Waals surface area contributed by atoms with Crippen LogP contribution in [0.2, 0.25) is 0 Å². The van der Waals surface area contributed by atoms with Crippen molar-refractivity contribution in [2.75, 3.05) is 0 Å². The van der Waals surface area contributed by atoms with E-state index in [0.29, 0.717) is 29.1 Å². The van der Waals surface area contributed by atoms with E-state index in [0.717, 1.165) is 52.3 Å². The highest BCUT2D eigenvalue weighted by Gasteiger charge is 2.21. The van der Waals surface area contributed by atoms with Gasteiger partial charge in [-0.1, -0.05) is 128 Å². The molecule has 46 heavy (non-hydrogen) atoms. The summed E-state index contributed by atoms with van der Waals surface area (Å²) in [4.78, 5) is 14.7. The number of unbranched alkanes of at least 4 members (excludes halogenated alkanes) is 1. The van der Waals surface area contributed by atoms with Crippen LogP contribution >= 0.6 is 0 Å². The molecule has 0 aliphatic carbocycles. The van der Waals surface area contributed by atoms with Crippen LogP contribution in [0, 0.1) is 5.92 Å². The normalized spacial score (nSPS) is 12.2. The van der Waals surface area contributed by atoms with E-state index in [4.69, 9.17) is 30.2 Å². The average molecular weight is 614 g/mol. The summed E-state index contributed by atoms with van der Waals surface area (Å²) in [6, 6.07) is 26.3. The van der Waals surface area contributed by atoms with Crippen molar-refractivity contribution in [2.45, 2.75) is 79.6 Å². The van der Waals surface area contributed by atoms with Gasteiger partial charge in [-0.3, -0.25) is 0 Å². The molecule has 9 nitrogen and oxygen atoms in total. The van der Waals surface area contributed by atoms with Gasteiger partial charge in [0.15, 0.2) is 34.4 Å². The highest BCUT2D eigenvalue weighted by Crippen LogP contribution is 2.28. The van der Waals surface area contributed by atoms with E-state index in [-0.39, 0.29) is 5.92 Å². The topological polar surface area (TPSA) is 90.6 Å². The molecule has 9 heteroatoms. The lowest BCUT2D eigenvalue weighted by molar-refractivity contribution is 0.444. The molecule has 236 valence electrons. The molecule has 5 heterocycles. The Hall–Kier alpha value is -4.92. The minimum absolute atomic E-state index is 0.270. The van der Waals surface area contributed by atoms with Gasteiger partial charge in [-0.25, -0.2) is 15.0 Å². The lowest BCUT2D eigenvalue weighted by Crippen LogP contribution is -2.06. The Balaban J connectivity index is 0.00000182. The van der Waals surface area contributed by atoms with Gasteiger partial charge in [0.2, 0.25) is 0 Å². The average Bonchev–Trinajstić information content (AvgIpc) is 3.85. The van der Waals surface area contributed by atoms with Gasteiger partial charge < -0.3 is 0 Å². The van der Waals surface area contributed by atoms with Gasteiger partial charge in [-0.15, -0.1) is 0 Å². The molecule has 0 bridgehead atoms. The molecule has 0 amide bonds. The molecular formula is C37H43N9.